The lowest BCUT2D eigenvalue weighted by molar-refractivity contribution is -0.118. The first kappa shape index (κ1) is 19.2. The predicted molar refractivity (Wildman–Crippen MR) is 99.6 cm³/mol. The summed E-state index contributed by atoms with van der Waals surface area (Å²) in [6.07, 6.45) is 0.854. The van der Waals surface area contributed by atoms with E-state index in [0.717, 1.165) is 6.42 Å². The summed E-state index contributed by atoms with van der Waals surface area (Å²) in [5.74, 6) is -0.0495. The fraction of sp³-hybridized carbons (Fsp3) is 0.250. The van der Waals surface area contributed by atoms with Crippen LogP contribution in [0.3, 0.4) is 0 Å². The van der Waals surface area contributed by atoms with Crippen LogP contribution in [-0.2, 0) is 4.79 Å². The van der Waals surface area contributed by atoms with Crippen LogP contribution in [0.4, 0.5) is 5.69 Å². The lowest BCUT2D eigenvalue weighted by Gasteiger charge is -2.09. The summed E-state index contributed by atoms with van der Waals surface area (Å²) in [5.41, 5.74) is 1.59. The number of hydrogen-bond acceptors (Lipinski definition) is 4. The molecule has 136 valence electrons. The summed E-state index contributed by atoms with van der Waals surface area (Å²) in [6.45, 7) is 3.89. The fourth-order valence-electron chi connectivity index (χ4n) is 2.21. The number of amides is 2. The predicted octanol–water partition coefficient (Wildman–Crippen LogP) is 3.05. The van der Waals surface area contributed by atoms with E-state index in [1.165, 1.54) is 6.92 Å². The highest BCUT2D eigenvalue weighted by Crippen LogP contribution is 2.14. The first-order valence-corrected chi connectivity index (χ1v) is 8.41. The van der Waals surface area contributed by atoms with Crippen LogP contribution < -0.4 is 15.4 Å². The molecule has 0 aromatic heterocycles. The lowest BCUT2D eigenvalue weighted by atomic mass is 10.1. The van der Waals surface area contributed by atoms with Gasteiger partial charge in [-0.3, -0.25) is 14.4 Å². The number of ketones is 1. The Kier molecular flexibility index (Phi) is 6.91. The topological polar surface area (TPSA) is 84.5 Å². The highest BCUT2D eigenvalue weighted by Gasteiger charge is 2.08. The van der Waals surface area contributed by atoms with Crippen LogP contribution in [0.1, 0.15) is 41.0 Å². The van der Waals surface area contributed by atoms with Crippen molar-refractivity contribution in [2.45, 2.75) is 20.3 Å². The Labute approximate surface area is 152 Å². The minimum Gasteiger partial charge on any atom is -0.484 e. The third kappa shape index (κ3) is 5.73. The van der Waals surface area contributed by atoms with Crippen LogP contribution in [0.5, 0.6) is 5.75 Å². The second-order valence-corrected chi connectivity index (χ2v) is 5.75. The molecular weight excluding hydrogens is 332 g/mol. The molecule has 0 aliphatic carbocycles. The Hall–Kier alpha value is -3.15. The SMILES string of the molecule is CCCNC(=O)c1cccc(NC(=O)COc2ccc(C(C)=O)cc2)c1. The molecule has 2 amide bonds. The molecule has 0 radical (unpaired) electrons. The van der Waals surface area contributed by atoms with Crippen molar-refractivity contribution in [3.8, 4) is 5.75 Å². The van der Waals surface area contributed by atoms with E-state index in [1.807, 2.05) is 6.92 Å². The maximum Gasteiger partial charge on any atom is 0.262 e. The third-order valence-electron chi connectivity index (χ3n) is 3.57. The van der Waals surface area contributed by atoms with Gasteiger partial charge in [-0.1, -0.05) is 13.0 Å². The van der Waals surface area contributed by atoms with E-state index in [9.17, 15) is 14.4 Å². The largest absolute Gasteiger partial charge is 0.484 e. The molecule has 0 aliphatic heterocycles. The minimum absolute atomic E-state index is 0.0304. The standard InChI is InChI=1S/C20H22N2O4/c1-3-11-21-20(25)16-5-4-6-17(12-16)22-19(24)13-26-18-9-7-15(8-10-18)14(2)23/h4-10,12H,3,11,13H2,1-2H3,(H,21,25)(H,22,24). The molecule has 0 atom stereocenters. The second kappa shape index (κ2) is 9.36. The number of Topliss-reactive ketones (excluding diaryl/α,β-unsaturated/α-hetero) is 1. The molecule has 2 rings (SSSR count). The van der Waals surface area contributed by atoms with E-state index in [1.54, 1.807) is 48.5 Å². The molecule has 6 heteroatoms. The van der Waals surface area contributed by atoms with E-state index in [-0.39, 0.29) is 24.2 Å². The molecule has 2 aromatic carbocycles. The molecule has 26 heavy (non-hydrogen) atoms. The van der Waals surface area contributed by atoms with Gasteiger partial charge in [0.15, 0.2) is 12.4 Å². The van der Waals surface area contributed by atoms with Gasteiger partial charge in [0, 0.05) is 23.4 Å². The summed E-state index contributed by atoms with van der Waals surface area (Å²) in [5, 5.41) is 5.48. The van der Waals surface area contributed by atoms with Crippen LogP contribution in [0, 0.1) is 0 Å². The quantitative estimate of drug-likeness (QED) is 0.714. The number of carbonyl (C=O) groups excluding carboxylic acids is 3. The monoisotopic (exact) mass is 354 g/mol. The first-order valence-electron chi connectivity index (χ1n) is 8.41. The first-order chi connectivity index (χ1) is 12.5. The number of nitrogens with one attached hydrogen (secondary N) is 2. The van der Waals surface area contributed by atoms with Gasteiger partial charge in [-0.2, -0.15) is 0 Å². The Morgan fingerprint density at radius 1 is 1.00 bits per heavy atom. The van der Waals surface area contributed by atoms with Gasteiger partial charge in [-0.05, 0) is 55.8 Å². The zero-order valence-electron chi connectivity index (χ0n) is 14.9. The summed E-state index contributed by atoms with van der Waals surface area (Å²) in [4.78, 5) is 35.2. The molecule has 6 nitrogen and oxygen atoms in total. The van der Waals surface area contributed by atoms with Crippen LogP contribution >= 0.6 is 0 Å². The maximum absolute atomic E-state index is 12.0. The highest BCUT2D eigenvalue weighted by atomic mass is 16.5. The third-order valence-corrected chi connectivity index (χ3v) is 3.57. The fourth-order valence-corrected chi connectivity index (χ4v) is 2.21. The van der Waals surface area contributed by atoms with Crippen LogP contribution in [0.2, 0.25) is 0 Å². The smallest absolute Gasteiger partial charge is 0.262 e. The molecule has 0 spiro atoms. The van der Waals surface area contributed by atoms with Crippen molar-refractivity contribution in [2.75, 3.05) is 18.5 Å². The summed E-state index contributed by atoms with van der Waals surface area (Å²) >= 11 is 0. The molecule has 0 aliphatic rings. The average molecular weight is 354 g/mol. The number of rotatable bonds is 8. The molecule has 0 fully saturated rings. The Bertz CT molecular complexity index is 785. The van der Waals surface area contributed by atoms with Crippen molar-refractivity contribution in [2.24, 2.45) is 0 Å². The number of ether oxygens (including phenoxy) is 1. The number of carbonyl (C=O) groups is 3. The molecular formula is C20H22N2O4. The van der Waals surface area contributed by atoms with Gasteiger partial charge in [-0.25, -0.2) is 0 Å². The minimum atomic E-state index is -0.341. The number of anilines is 1. The van der Waals surface area contributed by atoms with Crippen molar-refractivity contribution < 1.29 is 19.1 Å². The zero-order chi connectivity index (χ0) is 18.9. The second-order valence-electron chi connectivity index (χ2n) is 5.75. The molecule has 2 N–H and O–H groups in total. The number of hydrogen-bond donors (Lipinski definition) is 2. The molecule has 0 saturated heterocycles. The zero-order valence-corrected chi connectivity index (χ0v) is 14.9. The van der Waals surface area contributed by atoms with Crippen molar-refractivity contribution in [3.63, 3.8) is 0 Å². The van der Waals surface area contributed by atoms with Gasteiger partial charge in [0.2, 0.25) is 0 Å². The summed E-state index contributed by atoms with van der Waals surface area (Å²) < 4.78 is 5.40. The maximum atomic E-state index is 12.0. The average Bonchev–Trinajstić information content (AvgIpc) is 2.65. The molecule has 0 bridgehead atoms. The van der Waals surface area contributed by atoms with Crippen molar-refractivity contribution in [3.05, 3.63) is 59.7 Å². The van der Waals surface area contributed by atoms with Gasteiger partial charge in [0.05, 0.1) is 0 Å². The van der Waals surface area contributed by atoms with Gasteiger partial charge in [0.25, 0.3) is 11.8 Å². The molecule has 2 aromatic rings. The van der Waals surface area contributed by atoms with E-state index in [2.05, 4.69) is 10.6 Å². The van der Waals surface area contributed by atoms with E-state index < -0.39 is 0 Å². The van der Waals surface area contributed by atoms with Crippen LogP contribution in [0.15, 0.2) is 48.5 Å². The van der Waals surface area contributed by atoms with Gasteiger partial charge in [0.1, 0.15) is 5.75 Å². The Morgan fingerprint density at radius 2 is 1.73 bits per heavy atom. The van der Waals surface area contributed by atoms with Crippen LogP contribution in [-0.4, -0.2) is 30.7 Å². The highest BCUT2D eigenvalue weighted by molar-refractivity contribution is 5.97. The Morgan fingerprint density at radius 3 is 2.38 bits per heavy atom. The van der Waals surface area contributed by atoms with Crippen molar-refractivity contribution in [1.82, 2.24) is 5.32 Å². The summed E-state index contributed by atoms with van der Waals surface area (Å²) in [6, 6.07) is 13.3. The molecule has 0 saturated carbocycles. The van der Waals surface area contributed by atoms with E-state index in [4.69, 9.17) is 4.74 Å². The normalized spacial score (nSPS) is 10.1. The van der Waals surface area contributed by atoms with Crippen LogP contribution in [0.25, 0.3) is 0 Å². The van der Waals surface area contributed by atoms with Crippen molar-refractivity contribution >= 4 is 23.3 Å². The van der Waals surface area contributed by atoms with E-state index in [0.29, 0.717) is 29.1 Å². The lowest BCUT2D eigenvalue weighted by Crippen LogP contribution is -2.24. The van der Waals surface area contributed by atoms with Gasteiger partial charge in [-0.15, -0.1) is 0 Å². The Balaban J connectivity index is 1.89. The van der Waals surface area contributed by atoms with Crippen molar-refractivity contribution in [1.29, 1.82) is 0 Å². The number of benzene rings is 2. The van der Waals surface area contributed by atoms with E-state index >= 15 is 0 Å². The van der Waals surface area contributed by atoms with Gasteiger partial charge >= 0.3 is 0 Å². The van der Waals surface area contributed by atoms with Gasteiger partial charge < -0.3 is 15.4 Å². The summed E-state index contributed by atoms with van der Waals surface area (Å²) in [7, 11) is 0. The molecule has 0 heterocycles. The molecule has 0 unspecified atom stereocenters.